The highest BCUT2D eigenvalue weighted by Gasteiger charge is 2.47. The number of nitrogens with zero attached hydrogens (tertiary/aromatic N) is 2. The van der Waals surface area contributed by atoms with E-state index in [1.807, 2.05) is 0 Å². The zero-order valence-electron chi connectivity index (χ0n) is 21.3. The number of ketones is 1. The Morgan fingerprint density at radius 1 is 0.629 bits per heavy atom. The van der Waals surface area contributed by atoms with Crippen LogP contribution in [0.5, 0.6) is 34.5 Å². The molecule has 0 radical (unpaired) electrons. The summed E-state index contributed by atoms with van der Waals surface area (Å²) in [5.74, 6) is 1.38. The lowest BCUT2D eigenvalue weighted by molar-refractivity contribution is -0.138. The number of ether oxygens (including phenoxy) is 6. The van der Waals surface area contributed by atoms with E-state index in [0.29, 0.717) is 45.6 Å². The van der Waals surface area contributed by atoms with Gasteiger partial charge in [0, 0.05) is 11.8 Å². The van der Waals surface area contributed by atoms with Crippen molar-refractivity contribution in [1.29, 1.82) is 0 Å². The predicted molar refractivity (Wildman–Crippen MR) is 129 cm³/mol. The number of rotatable bonds is 9. The molecule has 4 unspecified atom stereocenters. The molecule has 1 heterocycles. The van der Waals surface area contributed by atoms with Crippen LogP contribution in [-0.2, 0) is 4.79 Å². The zero-order valence-corrected chi connectivity index (χ0v) is 21.3. The summed E-state index contributed by atoms with van der Waals surface area (Å²) in [4.78, 5) is 25.9. The first-order valence-corrected chi connectivity index (χ1v) is 11.1. The van der Waals surface area contributed by atoms with Gasteiger partial charge in [-0.05, 0) is 35.4 Å². The van der Waals surface area contributed by atoms with Crippen LogP contribution >= 0.6 is 0 Å². The first-order chi connectivity index (χ1) is 16.8. The fourth-order valence-corrected chi connectivity index (χ4v) is 4.89. The number of carbonyl (C=O) groups excluding carboxylic acids is 1. The monoisotopic (exact) mass is 488 g/mol. The highest BCUT2D eigenvalue weighted by atomic mass is 16.5. The average molecular weight is 489 g/mol. The Bertz CT molecular complexity index is 960. The molecule has 0 saturated carbocycles. The maximum atomic E-state index is 13.5. The molecular formula is C25H32N2O8. The van der Waals surface area contributed by atoms with E-state index in [2.05, 4.69) is 5.29 Å². The van der Waals surface area contributed by atoms with Gasteiger partial charge in [0.25, 0.3) is 0 Å². The second-order valence-corrected chi connectivity index (χ2v) is 8.25. The topological polar surface area (TPSA) is 105 Å². The molecule has 0 aliphatic carbocycles. The number of benzene rings is 2. The first kappa shape index (κ1) is 25.9. The molecule has 190 valence electrons. The van der Waals surface area contributed by atoms with Crippen molar-refractivity contribution < 1.29 is 33.2 Å². The fraction of sp³-hybridized carbons (Fsp3) is 0.480. The molecule has 3 rings (SSSR count). The summed E-state index contributed by atoms with van der Waals surface area (Å²) in [5.41, 5.74) is 1.26. The molecular weight excluding hydrogens is 456 g/mol. The molecule has 10 nitrogen and oxygen atoms in total. The van der Waals surface area contributed by atoms with Crippen LogP contribution in [0.2, 0.25) is 0 Å². The molecule has 0 N–H and O–H groups in total. The normalized spacial score (nSPS) is 21.8. The maximum absolute atomic E-state index is 13.5. The maximum Gasteiger partial charge on any atom is 0.203 e. The Hall–Kier alpha value is -3.69. The summed E-state index contributed by atoms with van der Waals surface area (Å²) in [5, 5.41) is 4.83. The number of hydrogen-bond donors (Lipinski definition) is 0. The first-order valence-electron chi connectivity index (χ1n) is 11.1. The summed E-state index contributed by atoms with van der Waals surface area (Å²) < 4.78 is 32.8. The van der Waals surface area contributed by atoms with Crippen molar-refractivity contribution in [2.45, 2.75) is 25.9 Å². The Morgan fingerprint density at radius 2 is 0.943 bits per heavy atom. The van der Waals surface area contributed by atoms with E-state index in [1.54, 1.807) is 38.1 Å². The Labute approximate surface area is 204 Å². The van der Waals surface area contributed by atoms with E-state index in [9.17, 15) is 9.70 Å². The van der Waals surface area contributed by atoms with Crippen molar-refractivity contribution in [2.24, 2.45) is 17.1 Å². The van der Waals surface area contributed by atoms with Gasteiger partial charge in [-0.25, -0.2) is 5.01 Å². The SMILES string of the molecule is COc1cc(C2C(C)C(=O)C(C)C(c3cc(OC)c(OC)c(OC)c3)N2N=O)cc(OC)c1OC. The van der Waals surface area contributed by atoms with E-state index < -0.39 is 23.9 Å². The van der Waals surface area contributed by atoms with Crippen molar-refractivity contribution in [3.63, 3.8) is 0 Å². The van der Waals surface area contributed by atoms with Crippen molar-refractivity contribution in [3.05, 3.63) is 40.3 Å². The van der Waals surface area contributed by atoms with Crippen molar-refractivity contribution in [3.8, 4) is 34.5 Å². The molecule has 1 aliphatic heterocycles. The van der Waals surface area contributed by atoms with Crippen LogP contribution in [0.3, 0.4) is 0 Å². The van der Waals surface area contributed by atoms with Crippen LogP contribution < -0.4 is 28.4 Å². The smallest absolute Gasteiger partial charge is 0.203 e. The van der Waals surface area contributed by atoms with Crippen molar-refractivity contribution >= 4 is 5.78 Å². The molecule has 10 heteroatoms. The highest BCUT2D eigenvalue weighted by molar-refractivity contribution is 5.85. The lowest BCUT2D eigenvalue weighted by atomic mass is 9.75. The molecule has 1 fully saturated rings. The fourth-order valence-electron chi connectivity index (χ4n) is 4.89. The third-order valence-corrected chi connectivity index (χ3v) is 6.57. The molecule has 2 aromatic rings. The number of methoxy groups -OCH3 is 6. The Morgan fingerprint density at radius 3 is 1.17 bits per heavy atom. The average Bonchev–Trinajstić information content (AvgIpc) is 2.89. The van der Waals surface area contributed by atoms with Gasteiger partial charge in [-0.15, -0.1) is 4.91 Å². The summed E-state index contributed by atoms with van der Waals surface area (Å²) in [6.07, 6.45) is 0. The molecule has 1 aliphatic rings. The third-order valence-electron chi connectivity index (χ3n) is 6.57. The summed E-state index contributed by atoms with van der Waals surface area (Å²) in [7, 11) is 9.04. The largest absolute Gasteiger partial charge is 0.493 e. The minimum atomic E-state index is -0.686. The van der Waals surface area contributed by atoms with E-state index in [-0.39, 0.29) is 5.78 Å². The van der Waals surface area contributed by atoms with Gasteiger partial charge in [0.2, 0.25) is 11.5 Å². The molecule has 0 aromatic heterocycles. The summed E-state index contributed by atoms with van der Waals surface area (Å²) >= 11 is 0. The highest BCUT2D eigenvalue weighted by Crippen LogP contribution is 2.51. The molecule has 0 bridgehead atoms. The van der Waals surface area contributed by atoms with Gasteiger partial charge in [0.1, 0.15) is 5.78 Å². The third kappa shape index (κ3) is 4.40. The number of Topliss-reactive ketones (excluding diaryl/α,β-unsaturated/α-hetero) is 1. The number of nitroso groups, excluding NO2 is 1. The van der Waals surface area contributed by atoms with Gasteiger partial charge < -0.3 is 28.4 Å². The summed E-state index contributed by atoms with van der Waals surface area (Å²) in [6, 6.07) is 5.56. The van der Waals surface area contributed by atoms with E-state index in [1.165, 1.54) is 47.7 Å². The summed E-state index contributed by atoms with van der Waals surface area (Å²) in [6.45, 7) is 3.58. The molecule has 1 saturated heterocycles. The molecule has 0 amide bonds. The van der Waals surface area contributed by atoms with E-state index in [4.69, 9.17) is 28.4 Å². The van der Waals surface area contributed by atoms with Gasteiger partial charge in [-0.2, -0.15) is 0 Å². The van der Waals surface area contributed by atoms with Gasteiger partial charge in [0.05, 0.1) is 60.0 Å². The minimum absolute atomic E-state index is 0.0117. The Kier molecular flexibility index (Phi) is 7.93. The second kappa shape index (κ2) is 10.7. The van der Waals surface area contributed by atoms with Gasteiger partial charge in [0.15, 0.2) is 23.0 Å². The number of hydrogen-bond acceptors (Lipinski definition) is 9. The van der Waals surface area contributed by atoms with Crippen LogP contribution in [0.1, 0.15) is 37.1 Å². The van der Waals surface area contributed by atoms with Crippen LogP contribution in [0.25, 0.3) is 0 Å². The van der Waals surface area contributed by atoms with Crippen LogP contribution in [0.15, 0.2) is 29.6 Å². The van der Waals surface area contributed by atoms with E-state index in [0.717, 1.165) is 0 Å². The van der Waals surface area contributed by atoms with Crippen LogP contribution in [0, 0.1) is 16.7 Å². The van der Waals surface area contributed by atoms with Crippen LogP contribution in [-0.4, -0.2) is 53.5 Å². The Balaban J connectivity index is 2.22. The minimum Gasteiger partial charge on any atom is -0.493 e. The lowest BCUT2D eigenvalue weighted by Gasteiger charge is -2.44. The lowest BCUT2D eigenvalue weighted by Crippen LogP contribution is -2.46. The van der Waals surface area contributed by atoms with E-state index >= 15 is 0 Å². The van der Waals surface area contributed by atoms with Crippen LogP contribution in [0.4, 0.5) is 0 Å². The predicted octanol–water partition coefficient (Wildman–Crippen LogP) is 4.36. The molecule has 0 spiro atoms. The molecule has 35 heavy (non-hydrogen) atoms. The van der Waals surface area contributed by atoms with Gasteiger partial charge in [-0.3, -0.25) is 4.79 Å². The van der Waals surface area contributed by atoms with Crippen molar-refractivity contribution in [1.82, 2.24) is 5.01 Å². The number of carbonyl (C=O) groups is 1. The van der Waals surface area contributed by atoms with Gasteiger partial charge >= 0.3 is 0 Å². The molecule has 2 aromatic carbocycles. The van der Waals surface area contributed by atoms with Crippen molar-refractivity contribution in [2.75, 3.05) is 42.7 Å². The quantitative estimate of drug-likeness (QED) is 0.476. The van der Waals surface area contributed by atoms with Gasteiger partial charge in [-0.1, -0.05) is 13.8 Å². The molecule has 4 atom stereocenters. The standard InChI is InChI=1S/C25H32N2O8/c1-13-21(15-9-17(30-3)24(34-7)18(10-15)31-4)27(26-29)22(14(2)23(13)28)16-11-19(32-5)25(35-8)20(12-16)33-6/h9-14,21-22H,1-8H3. The number of piperidine rings is 1. The zero-order chi connectivity index (χ0) is 25.9. The second-order valence-electron chi connectivity index (χ2n) is 8.25.